The fraction of sp³-hybridized carbons (Fsp3) is 0. The molecule has 302 valence electrons. The van der Waals surface area contributed by atoms with E-state index in [2.05, 4.69) is 221 Å². The highest BCUT2D eigenvalue weighted by Crippen LogP contribution is 2.45. The van der Waals surface area contributed by atoms with E-state index in [4.69, 9.17) is 15.0 Å². The third kappa shape index (κ3) is 5.54. The van der Waals surface area contributed by atoms with Crippen LogP contribution in [0, 0.1) is 0 Å². The van der Waals surface area contributed by atoms with Gasteiger partial charge < -0.3 is 9.13 Å². The van der Waals surface area contributed by atoms with Crippen LogP contribution in [-0.4, -0.2) is 24.1 Å². The summed E-state index contributed by atoms with van der Waals surface area (Å²) >= 11 is 1.83. The van der Waals surface area contributed by atoms with Crippen LogP contribution >= 0.6 is 11.3 Å². The Balaban J connectivity index is 1.04. The molecular formula is C59H35N5S. The predicted octanol–water partition coefficient (Wildman–Crippen LogP) is 15.7. The molecule has 0 saturated carbocycles. The number of thiophene rings is 1. The summed E-state index contributed by atoms with van der Waals surface area (Å²) < 4.78 is 7.20. The maximum atomic E-state index is 5.45. The third-order valence-electron chi connectivity index (χ3n) is 13.1. The number of benzene rings is 10. The van der Waals surface area contributed by atoms with Crippen molar-refractivity contribution in [2.24, 2.45) is 0 Å². The second-order valence-electron chi connectivity index (χ2n) is 16.8. The molecule has 4 aromatic heterocycles. The van der Waals surface area contributed by atoms with Crippen molar-refractivity contribution in [3.05, 3.63) is 212 Å². The van der Waals surface area contributed by atoms with Gasteiger partial charge in [-0.15, -0.1) is 11.3 Å². The summed E-state index contributed by atoms with van der Waals surface area (Å²) in [6.45, 7) is 0. The number of aromatic nitrogens is 5. The van der Waals surface area contributed by atoms with E-state index in [-0.39, 0.29) is 0 Å². The number of fused-ring (bicyclic) bond motifs is 11. The maximum absolute atomic E-state index is 5.45. The highest BCUT2D eigenvalue weighted by atomic mass is 32.1. The van der Waals surface area contributed by atoms with Gasteiger partial charge in [-0.1, -0.05) is 146 Å². The van der Waals surface area contributed by atoms with E-state index >= 15 is 0 Å². The first-order valence-corrected chi connectivity index (χ1v) is 22.7. The van der Waals surface area contributed by atoms with Gasteiger partial charge in [0, 0.05) is 59.4 Å². The molecule has 0 amide bonds. The Bertz CT molecular complexity index is 4250. The molecule has 0 atom stereocenters. The molecule has 0 saturated heterocycles. The van der Waals surface area contributed by atoms with E-state index in [1.54, 1.807) is 0 Å². The minimum Gasteiger partial charge on any atom is -0.309 e. The molecule has 6 heteroatoms. The SMILES string of the molecule is c1ccc(-n2c3ccccc3c3ccc(-c4nc(-c5ccc6ccccc6c5)nc(-c5ccc(-n6c7ccccc7c7cc8ccccc8cc76)c6sc7ccccc7c56)n4)cc32)cc1. The van der Waals surface area contributed by atoms with Crippen molar-refractivity contribution in [1.29, 1.82) is 0 Å². The molecule has 5 nitrogen and oxygen atoms in total. The Morgan fingerprint density at radius 2 is 0.892 bits per heavy atom. The summed E-state index contributed by atoms with van der Waals surface area (Å²) in [7, 11) is 0. The smallest absolute Gasteiger partial charge is 0.164 e. The predicted molar refractivity (Wildman–Crippen MR) is 273 cm³/mol. The third-order valence-corrected chi connectivity index (χ3v) is 14.3. The summed E-state index contributed by atoms with van der Waals surface area (Å²) in [5.41, 5.74) is 9.67. The summed E-state index contributed by atoms with van der Waals surface area (Å²) in [5, 5.41) is 11.9. The average Bonchev–Trinajstić information content (AvgIpc) is 4.03. The van der Waals surface area contributed by atoms with Crippen molar-refractivity contribution < 1.29 is 0 Å². The van der Waals surface area contributed by atoms with Gasteiger partial charge in [0.15, 0.2) is 17.5 Å². The van der Waals surface area contributed by atoms with Crippen LogP contribution in [0.5, 0.6) is 0 Å². The minimum absolute atomic E-state index is 0.621. The normalized spacial score (nSPS) is 12.0. The summed E-state index contributed by atoms with van der Waals surface area (Å²) in [4.78, 5) is 16.2. The van der Waals surface area contributed by atoms with Crippen LogP contribution in [-0.2, 0) is 0 Å². The zero-order chi connectivity index (χ0) is 42.6. The standard InChI is InChI=1S/C59H35N5S/c1-2-18-42(19-3-1)63-49-23-11-8-20-43(49)45-29-28-41(35-52(45)63)58-60-57(40-27-26-36-14-4-5-15-37(36)32-40)61-59(62-58)47-30-31-51(56-55(47)46-22-10-13-25-54(46)65-56)64-50-24-12-9-21-44(50)48-33-38-16-6-7-17-39(38)34-53(48)64/h1-35H. The van der Waals surface area contributed by atoms with E-state index < -0.39 is 0 Å². The van der Waals surface area contributed by atoms with Crippen LogP contribution in [0.3, 0.4) is 0 Å². The number of hydrogen-bond acceptors (Lipinski definition) is 4. The fourth-order valence-corrected chi connectivity index (χ4v) is 11.4. The van der Waals surface area contributed by atoms with Gasteiger partial charge in [-0.2, -0.15) is 0 Å². The minimum atomic E-state index is 0.621. The Morgan fingerprint density at radius 1 is 0.338 bits per heavy atom. The molecular weight excluding hydrogens is 811 g/mol. The zero-order valence-corrected chi connectivity index (χ0v) is 35.7. The maximum Gasteiger partial charge on any atom is 0.164 e. The topological polar surface area (TPSA) is 48.5 Å². The molecule has 0 aliphatic rings. The molecule has 0 aliphatic heterocycles. The molecule has 0 aliphatic carbocycles. The van der Waals surface area contributed by atoms with Crippen molar-refractivity contribution in [2.45, 2.75) is 0 Å². The molecule has 0 unspecified atom stereocenters. The fourth-order valence-electron chi connectivity index (χ4n) is 10.1. The highest BCUT2D eigenvalue weighted by molar-refractivity contribution is 7.26. The van der Waals surface area contributed by atoms with Crippen LogP contribution in [0.4, 0.5) is 0 Å². The molecule has 4 heterocycles. The molecule has 0 spiro atoms. The van der Waals surface area contributed by atoms with Crippen LogP contribution in [0.15, 0.2) is 212 Å². The van der Waals surface area contributed by atoms with Crippen molar-refractivity contribution in [2.75, 3.05) is 0 Å². The lowest BCUT2D eigenvalue weighted by Gasteiger charge is -2.14. The van der Waals surface area contributed by atoms with Crippen LogP contribution in [0.2, 0.25) is 0 Å². The quantitative estimate of drug-likeness (QED) is 0.173. The molecule has 14 aromatic rings. The van der Waals surface area contributed by atoms with Crippen molar-refractivity contribution in [3.63, 3.8) is 0 Å². The Kier molecular flexibility index (Phi) is 7.79. The first kappa shape index (κ1) is 36.1. The first-order chi connectivity index (χ1) is 32.2. The highest BCUT2D eigenvalue weighted by Gasteiger charge is 2.23. The molecule has 10 aromatic carbocycles. The van der Waals surface area contributed by atoms with E-state index in [0.29, 0.717) is 17.5 Å². The second-order valence-corrected chi connectivity index (χ2v) is 17.8. The number of para-hydroxylation sites is 3. The van der Waals surface area contributed by atoms with E-state index in [1.807, 2.05) is 11.3 Å². The summed E-state index contributed by atoms with van der Waals surface area (Å²) in [5.74, 6) is 1.89. The van der Waals surface area contributed by atoms with Gasteiger partial charge >= 0.3 is 0 Å². The molecule has 0 fully saturated rings. The Morgan fingerprint density at radius 3 is 1.68 bits per heavy atom. The van der Waals surface area contributed by atoms with Gasteiger partial charge in [-0.3, -0.25) is 0 Å². The van der Waals surface area contributed by atoms with Gasteiger partial charge in [0.25, 0.3) is 0 Å². The van der Waals surface area contributed by atoms with Crippen LogP contribution < -0.4 is 0 Å². The van der Waals surface area contributed by atoms with Gasteiger partial charge in [0.1, 0.15) is 0 Å². The first-order valence-electron chi connectivity index (χ1n) is 21.9. The van der Waals surface area contributed by atoms with E-state index in [1.165, 1.54) is 63.5 Å². The average molecular weight is 846 g/mol. The summed E-state index contributed by atoms with van der Waals surface area (Å²) in [6, 6.07) is 76.1. The van der Waals surface area contributed by atoms with Crippen LogP contribution in [0.1, 0.15) is 0 Å². The summed E-state index contributed by atoms with van der Waals surface area (Å²) in [6.07, 6.45) is 0. The zero-order valence-electron chi connectivity index (χ0n) is 34.9. The van der Waals surface area contributed by atoms with Gasteiger partial charge in [0.05, 0.1) is 32.5 Å². The molecule has 0 bridgehead atoms. The largest absolute Gasteiger partial charge is 0.309 e. The lowest BCUT2D eigenvalue weighted by atomic mass is 10.0. The Labute approximate surface area is 376 Å². The number of nitrogens with zero attached hydrogens (tertiary/aromatic N) is 5. The van der Waals surface area contributed by atoms with Gasteiger partial charge in [0.2, 0.25) is 0 Å². The number of hydrogen-bond donors (Lipinski definition) is 0. The van der Waals surface area contributed by atoms with E-state index in [9.17, 15) is 0 Å². The van der Waals surface area contributed by atoms with Gasteiger partial charge in [-0.25, -0.2) is 15.0 Å². The van der Waals surface area contributed by atoms with Gasteiger partial charge in [-0.05, 0) is 88.3 Å². The second kappa shape index (κ2) is 14.0. The van der Waals surface area contributed by atoms with Crippen molar-refractivity contribution >= 4 is 96.7 Å². The number of rotatable bonds is 5. The molecule has 0 N–H and O–H groups in total. The van der Waals surface area contributed by atoms with Crippen molar-refractivity contribution in [1.82, 2.24) is 24.1 Å². The lowest BCUT2D eigenvalue weighted by Crippen LogP contribution is -2.01. The Hall–Kier alpha value is -8.45. The molecule has 65 heavy (non-hydrogen) atoms. The van der Waals surface area contributed by atoms with Crippen molar-refractivity contribution in [3.8, 4) is 45.5 Å². The lowest BCUT2D eigenvalue weighted by molar-refractivity contribution is 1.08. The molecule has 0 radical (unpaired) electrons. The van der Waals surface area contributed by atoms with E-state index in [0.717, 1.165) is 49.9 Å². The monoisotopic (exact) mass is 845 g/mol. The molecule has 14 rings (SSSR count). The van der Waals surface area contributed by atoms with Crippen LogP contribution in [0.25, 0.3) is 131 Å².